The summed E-state index contributed by atoms with van der Waals surface area (Å²) in [5, 5.41) is 11.8. The highest BCUT2D eigenvalue weighted by Gasteiger charge is 2.28. The molecule has 2 N–H and O–H groups in total. The van der Waals surface area contributed by atoms with Crippen molar-refractivity contribution in [3.63, 3.8) is 0 Å². The maximum atomic E-state index is 12.2. The number of aromatic nitrogens is 1. The molecule has 1 fully saturated rings. The molecule has 2 rings (SSSR count). The van der Waals surface area contributed by atoms with E-state index in [1.807, 2.05) is 26.0 Å². The van der Waals surface area contributed by atoms with E-state index in [-0.39, 0.29) is 12.6 Å². The predicted molar refractivity (Wildman–Crippen MR) is 74.7 cm³/mol. The number of urea groups is 1. The van der Waals surface area contributed by atoms with Gasteiger partial charge in [0.05, 0.1) is 17.3 Å². The van der Waals surface area contributed by atoms with Gasteiger partial charge in [-0.1, -0.05) is 0 Å². The molecule has 0 spiro atoms. The molecule has 1 unspecified atom stereocenters. The van der Waals surface area contributed by atoms with E-state index < -0.39 is 11.9 Å². The minimum atomic E-state index is -0.837. The van der Waals surface area contributed by atoms with Crippen LogP contribution < -0.4 is 5.32 Å². The standard InChI is InChI=1S/C14H19N3O3/c1-9-5-6-12(10(2)15-9)16-14(20)17-7-3-4-11(8-17)13(18)19/h5-6,11H,3-4,7-8H2,1-2H3,(H,16,20)(H,18,19). The molecule has 6 heteroatoms. The summed E-state index contributed by atoms with van der Waals surface area (Å²) in [7, 11) is 0. The summed E-state index contributed by atoms with van der Waals surface area (Å²) >= 11 is 0. The molecule has 6 nitrogen and oxygen atoms in total. The highest BCUT2D eigenvalue weighted by molar-refractivity contribution is 5.90. The Morgan fingerprint density at radius 1 is 1.40 bits per heavy atom. The molecule has 1 atom stereocenters. The van der Waals surface area contributed by atoms with Gasteiger partial charge in [-0.25, -0.2) is 4.79 Å². The Morgan fingerprint density at radius 2 is 2.15 bits per heavy atom. The maximum absolute atomic E-state index is 12.2. The molecule has 20 heavy (non-hydrogen) atoms. The van der Waals surface area contributed by atoms with Crippen LogP contribution in [-0.2, 0) is 4.79 Å². The lowest BCUT2D eigenvalue weighted by molar-refractivity contribution is -0.143. The maximum Gasteiger partial charge on any atom is 0.321 e. The molecule has 0 aliphatic carbocycles. The molecule has 1 saturated heterocycles. The van der Waals surface area contributed by atoms with E-state index in [0.717, 1.165) is 17.8 Å². The van der Waals surface area contributed by atoms with Crippen LogP contribution in [0, 0.1) is 19.8 Å². The number of rotatable bonds is 2. The fourth-order valence-electron chi connectivity index (χ4n) is 2.38. The Morgan fingerprint density at radius 3 is 2.80 bits per heavy atom. The second kappa shape index (κ2) is 5.90. The van der Waals surface area contributed by atoms with Gasteiger partial charge < -0.3 is 15.3 Å². The Balaban J connectivity index is 2.02. The van der Waals surface area contributed by atoms with Crippen LogP contribution in [0.5, 0.6) is 0 Å². The Hall–Kier alpha value is -2.11. The number of amides is 2. The highest BCUT2D eigenvalue weighted by atomic mass is 16.4. The van der Waals surface area contributed by atoms with Gasteiger partial charge in [0.15, 0.2) is 0 Å². The zero-order valence-electron chi connectivity index (χ0n) is 11.7. The van der Waals surface area contributed by atoms with E-state index in [1.54, 1.807) is 4.90 Å². The van der Waals surface area contributed by atoms with Crippen LogP contribution in [0.2, 0.25) is 0 Å². The lowest BCUT2D eigenvalue weighted by Gasteiger charge is -2.30. The molecule has 0 saturated carbocycles. The van der Waals surface area contributed by atoms with Crippen LogP contribution in [0.1, 0.15) is 24.2 Å². The SMILES string of the molecule is Cc1ccc(NC(=O)N2CCCC(C(=O)O)C2)c(C)n1. The molecular formula is C14H19N3O3. The van der Waals surface area contributed by atoms with Gasteiger partial charge in [0.2, 0.25) is 0 Å². The first-order valence-corrected chi connectivity index (χ1v) is 6.70. The van der Waals surface area contributed by atoms with Gasteiger partial charge in [0.1, 0.15) is 0 Å². The number of hydrogen-bond acceptors (Lipinski definition) is 3. The summed E-state index contributed by atoms with van der Waals surface area (Å²) in [6.45, 7) is 4.58. The zero-order chi connectivity index (χ0) is 14.7. The summed E-state index contributed by atoms with van der Waals surface area (Å²) in [6, 6.07) is 3.39. The van der Waals surface area contributed by atoms with Crippen LogP contribution in [0.25, 0.3) is 0 Å². The van der Waals surface area contributed by atoms with Gasteiger partial charge in [-0.05, 0) is 38.8 Å². The number of anilines is 1. The van der Waals surface area contributed by atoms with Crippen molar-refractivity contribution in [2.45, 2.75) is 26.7 Å². The van der Waals surface area contributed by atoms with Crippen LogP contribution in [-0.4, -0.2) is 40.1 Å². The number of carbonyl (C=O) groups is 2. The molecule has 1 aliphatic heterocycles. The number of aryl methyl sites for hydroxylation is 2. The first kappa shape index (κ1) is 14.3. The van der Waals surface area contributed by atoms with Crippen molar-refractivity contribution in [2.24, 2.45) is 5.92 Å². The van der Waals surface area contributed by atoms with E-state index in [4.69, 9.17) is 5.11 Å². The van der Waals surface area contributed by atoms with Gasteiger partial charge in [0, 0.05) is 18.8 Å². The van der Waals surface area contributed by atoms with Crippen LogP contribution in [0.4, 0.5) is 10.5 Å². The van der Waals surface area contributed by atoms with Crippen molar-refractivity contribution in [2.75, 3.05) is 18.4 Å². The quantitative estimate of drug-likeness (QED) is 0.866. The van der Waals surface area contributed by atoms with Gasteiger partial charge in [-0.2, -0.15) is 0 Å². The van der Waals surface area contributed by atoms with Gasteiger partial charge >= 0.3 is 12.0 Å². The molecule has 2 amide bonds. The van der Waals surface area contributed by atoms with Crippen molar-refractivity contribution in [1.29, 1.82) is 0 Å². The van der Waals surface area contributed by atoms with Crippen molar-refractivity contribution in [3.8, 4) is 0 Å². The summed E-state index contributed by atoms with van der Waals surface area (Å²) in [4.78, 5) is 29.0. The van der Waals surface area contributed by atoms with E-state index in [9.17, 15) is 9.59 Å². The Bertz CT molecular complexity index is 530. The third-order valence-electron chi connectivity index (χ3n) is 3.52. The number of hydrogen-bond donors (Lipinski definition) is 2. The van der Waals surface area contributed by atoms with Crippen molar-refractivity contribution in [3.05, 3.63) is 23.5 Å². The first-order valence-electron chi connectivity index (χ1n) is 6.70. The number of carbonyl (C=O) groups excluding carboxylic acids is 1. The van der Waals surface area contributed by atoms with E-state index in [0.29, 0.717) is 18.7 Å². The summed E-state index contributed by atoms with van der Waals surface area (Å²) < 4.78 is 0. The minimum absolute atomic E-state index is 0.260. The molecule has 1 aromatic rings. The van der Waals surface area contributed by atoms with Crippen molar-refractivity contribution < 1.29 is 14.7 Å². The predicted octanol–water partition coefficient (Wildman–Crippen LogP) is 2.03. The summed E-state index contributed by atoms with van der Waals surface area (Å²) in [5.74, 6) is -1.30. The number of piperidine rings is 1. The smallest absolute Gasteiger partial charge is 0.321 e. The summed E-state index contributed by atoms with van der Waals surface area (Å²) in [5.41, 5.74) is 2.31. The molecule has 1 aromatic heterocycles. The lowest BCUT2D eigenvalue weighted by Crippen LogP contribution is -2.44. The lowest BCUT2D eigenvalue weighted by atomic mass is 9.99. The third kappa shape index (κ3) is 3.26. The molecule has 0 radical (unpaired) electrons. The topological polar surface area (TPSA) is 82.5 Å². The van der Waals surface area contributed by atoms with Crippen molar-refractivity contribution >= 4 is 17.7 Å². The number of nitrogens with one attached hydrogen (secondary N) is 1. The van der Waals surface area contributed by atoms with Crippen molar-refractivity contribution in [1.82, 2.24) is 9.88 Å². The first-order chi connectivity index (χ1) is 9.47. The number of nitrogens with zero attached hydrogens (tertiary/aromatic N) is 2. The largest absolute Gasteiger partial charge is 0.481 e. The highest BCUT2D eigenvalue weighted by Crippen LogP contribution is 2.19. The fraction of sp³-hybridized carbons (Fsp3) is 0.500. The summed E-state index contributed by atoms with van der Waals surface area (Å²) in [6.07, 6.45) is 1.35. The second-order valence-electron chi connectivity index (χ2n) is 5.14. The number of aliphatic carboxylic acids is 1. The van der Waals surface area contributed by atoms with Crippen LogP contribution in [0.15, 0.2) is 12.1 Å². The number of likely N-dealkylation sites (tertiary alicyclic amines) is 1. The Labute approximate surface area is 117 Å². The van der Waals surface area contributed by atoms with Gasteiger partial charge in [-0.3, -0.25) is 9.78 Å². The zero-order valence-corrected chi connectivity index (χ0v) is 11.7. The number of carboxylic acid groups (broad SMARTS) is 1. The van der Waals surface area contributed by atoms with Gasteiger partial charge in [-0.15, -0.1) is 0 Å². The Kier molecular flexibility index (Phi) is 4.22. The molecule has 0 aromatic carbocycles. The van der Waals surface area contributed by atoms with E-state index >= 15 is 0 Å². The fourth-order valence-corrected chi connectivity index (χ4v) is 2.38. The van der Waals surface area contributed by atoms with E-state index in [2.05, 4.69) is 10.3 Å². The molecular weight excluding hydrogens is 258 g/mol. The normalized spacial score (nSPS) is 18.7. The monoisotopic (exact) mass is 277 g/mol. The molecule has 2 heterocycles. The minimum Gasteiger partial charge on any atom is -0.481 e. The van der Waals surface area contributed by atoms with Gasteiger partial charge in [0.25, 0.3) is 0 Å². The third-order valence-corrected chi connectivity index (χ3v) is 3.52. The number of carboxylic acids is 1. The molecule has 0 bridgehead atoms. The molecule has 108 valence electrons. The number of pyridine rings is 1. The average molecular weight is 277 g/mol. The average Bonchev–Trinajstić information content (AvgIpc) is 2.42. The van der Waals surface area contributed by atoms with Crippen LogP contribution >= 0.6 is 0 Å². The molecule has 1 aliphatic rings. The second-order valence-corrected chi connectivity index (χ2v) is 5.14. The van der Waals surface area contributed by atoms with Crippen LogP contribution in [0.3, 0.4) is 0 Å². The van der Waals surface area contributed by atoms with E-state index in [1.165, 1.54) is 0 Å².